The van der Waals surface area contributed by atoms with Crippen LogP contribution in [0.15, 0.2) is 18.3 Å². The number of amides is 1. The Morgan fingerprint density at radius 2 is 1.75 bits per heavy atom. The van der Waals surface area contributed by atoms with E-state index in [-0.39, 0.29) is 6.09 Å². The zero-order chi connectivity index (χ0) is 17.8. The van der Waals surface area contributed by atoms with Gasteiger partial charge < -0.3 is 14.5 Å². The molecule has 0 unspecified atom stereocenters. The summed E-state index contributed by atoms with van der Waals surface area (Å²) in [4.78, 5) is 20.2. The molecule has 0 aliphatic carbocycles. The average molecular weight is 335 g/mol. The maximum atomic E-state index is 12.2. The lowest BCUT2D eigenvalue weighted by molar-refractivity contribution is 0.161. The summed E-state index contributed by atoms with van der Waals surface area (Å²) in [7, 11) is 5.72. The molecule has 0 atom stereocenters. The molecular weight excluding hydrogens is 302 g/mol. The molecule has 0 fully saturated rings. The molecule has 136 valence electrons. The van der Waals surface area contributed by atoms with Crippen molar-refractivity contribution < 1.29 is 9.53 Å². The molecule has 0 bridgehead atoms. The fourth-order valence-electron chi connectivity index (χ4n) is 2.50. The van der Waals surface area contributed by atoms with Gasteiger partial charge in [-0.1, -0.05) is 45.4 Å². The van der Waals surface area contributed by atoms with Gasteiger partial charge in [-0.05, 0) is 32.6 Å². The van der Waals surface area contributed by atoms with Gasteiger partial charge in [-0.25, -0.2) is 4.79 Å². The number of hydrogen-bond acceptors (Lipinski definition) is 4. The summed E-state index contributed by atoms with van der Waals surface area (Å²) in [6.07, 6.45) is 10.1. The minimum atomic E-state index is -0.311. The minimum absolute atomic E-state index is 0.311. The van der Waals surface area contributed by atoms with Crippen LogP contribution in [0, 0.1) is 0 Å². The molecule has 0 spiro atoms. The number of carbonyl (C=O) groups excluding carboxylic acids is 1. The van der Waals surface area contributed by atoms with Crippen LogP contribution in [0.25, 0.3) is 0 Å². The van der Waals surface area contributed by atoms with Crippen LogP contribution in [0.5, 0.6) is 5.75 Å². The van der Waals surface area contributed by atoms with Crippen LogP contribution < -0.4 is 4.74 Å². The van der Waals surface area contributed by atoms with Gasteiger partial charge in [-0.3, -0.25) is 4.98 Å². The number of carbonyl (C=O) groups is 1. The minimum Gasteiger partial charge on any atom is -0.408 e. The molecule has 24 heavy (non-hydrogen) atoms. The van der Waals surface area contributed by atoms with Crippen LogP contribution in [-0.4, -0.2) is 48.6 Å². The molecule has 1 amide bonds. The number of aromatic nitrogens is 1. The number of pyridine rings is 1. The van der Waals surface area contributed by atoms with Gasteiger partial charge in [-0.2, -0.15) is 0 Å². The van der Waals surface area contributed by atoms with Crippen molar-refractivity contribution in [1.82, 2.24) is 14.8 Å². The maximum Gasteiger partial charge on any atom is 0.415 e. The van der Waals surface area contributed by atoms with E-state index in [2.05, 4.69) is 11.9 Å². The predicted octanol–water partition coefficient (Wildman–Crippen LogP) is 4.32. The van der Waals surface area contributed by atoms with Crippen molar-refractivity contribution in [3.05, 3.63) is 24.0 Å². The highest BCUT2D eigenvalue weighted by Gasteiger charge is 2.14. The topological polar surface area (TPSA) is 45.7 Å². The fourth-order valence-corrected chi connectivity index (χ4v) is 2.50. The van der Waals surface area contributed by atoms with Crippen LogP contribution in [0.3, 0.4) is 0 Å². The standard InChI is InChI=1S/C19H33N3O2/c1-5-6-7-8-9-10-11-15-22(4)19(23)24-18-13-12-14-20-17(18)16-21(2)3/h12-14H,5-11,15-16H2,1-4H3. The van der Waals surface area contributed by atoms with Gasteiger partial charge in [0.2, 0.25) is 0 Å². The summed E-state index contributed by atoms with van der Waals surface area (Å²) in [6, 6.07) is 3.59. The highest BCUT2D eigenvalue weighted by Crippen LogP contribution is 2.17. The van der Waals surface area contributed by atoms with Crippen molar-refractivity contribution in [1.29, 1.82) is 0 Å². The van der Waals surface area contributed by atoms with E-state index in [0.29, 0.717) is 12.3 Å². The summed E-state index contributed by atoms with van der Waals surface area (Å²) in [5.74, 6) is 0.544. The average Bonchev–Trinajstić information content (AvgIpc) is 2.55. The first-order valence-electron chi connectivity index (χ1n) is 9.06. The number of unbranched alkanes of at least 4 members (excludes halogenated alkanes) is 6. The van der Waals surface area contributed by atoms with Crippen molar-refractivity contribution in [2.75, 3.05) is 27.7 Å². The number of ether oxygens (including phenoxy) is 1. The summed E-state index contributed by atoms with van der Waals surface area (Å²) in [5, 5.41) is 0. The molecule has 1 heterocycles. The molecule has 0 aliphatic heterocycles. The van der Waals surface area contributed by atoms with Gasteiger partial charge in [0.25, 0.3) is 0 Å². The molecule has 1 aromatic rings. The third-order valence-corrected chi connectivity index (χ3v) is 3.92. The number of nitrogens with zero attached hydrogens (tertiary/aromatic N) is 3. The second kappa shape index (κ2) is 11.8. The monoisotopic (exact) mass is 335 g/mol. The molecule has 0 saturated heterocycles. The lowest BCUT2D eigenvalue weighted by atomic mass is 10.1. The van der Waals surface area contributed by atoms with Gasteiger partial charge in [-0.15, -0.1) is 0 Å². The Hall–Kier alpha value is -1.62. The normalized spacial score (nSPS) is 10.9. The van der Waals surface area contributed by atoms with Crippen LogP contribution in [0.2, 0.25) is 0 Å². The van der Waals surface area contributed by atoms with Gasteiger partial charge in [0.05, 0.1) is 5.69 Å². The largest absolute Gasteiger partial charge is 0.415 e. The molecule has 0 N–H and O–H groups in total. The molecule has 0 radical (unpaired) electrons. The Morgan fingerprint density at radius 1 is 1.08 bits per heavy atom. The van der Waals surface area contributed by atoms with E-state index in [1.807, 2.05) is 19.0 Å². The molecule has 0 aromatic carbocycles. The Morgan fingerprint density at radius 3 is 2.42 bits per heavy atom. The van der Waals surface area contributed by atoms with Crippen molar-refractivity contribution in [3.63, 3.8) is 0 Å². The third kappa shape index (κ3) is 8.29. The van der Waals surface area contributed by atoms with E-state index in [4.69, 9.17) is 4.74 Å². The Bertz CT molecular complexity index is 477. The van der Waals surface area contributed by atoms with Gasteiger partial charge in [0.1, 0.15) is 0 Å². The maximum absolute atomic E-state index is 12.2. The fraction of sp³-hybridized carbons (Fsp3) is 0.684. The van der Waals surface area contributed by atoms with Crippen LogP contribution in [0.1, 0.15) is 57.6 Å². The molecule has 5 nitrogen and oxygen atoms in total. The quantitative estimate of drug-likeness (QED) is 0.565. The zero-order valence-electron chi connectivity index (χ0n) is 15.8. The van der Waals surface area contributed by atoms with Crippen LogP contribution >= 0.6 is 0 Å². The lowest BCUT2D eigenvalue weighted by Crippen LogP contribution is -2.31. The number of rotatable bonds is 11. The summed E-state index contributed by atoms with van der Waals surface area (Å²) >= 11 is 0. The first-order chi connectivity index (χ1) is 11.5. The second-order valence-electron chi connectivity index (χ2n) is 6.60. The highest BCUT2D eigenvalue weighted by molar-refractivity contribution is 5.70. The van der Waals surface area contributed by atoms with E-state index in [1.165, 1.54) is 38.5 Å². The van der Waals surface area contributed by atoms with E-state index < -0.39 is 0 Å². The van der Waals surface area contributed by atoms with Gasteiger partial charge >= 0.3 is 6.09 Å². The zero-order valence-corrected chi connectivity index (χ0v) is 15.8. The molecule has 0 aliphatic rings. The van der Waals surface area contributed by atoms with E-state index in [9.17, 15) is 4.79 Å². The molecule has 0 saturated carbocycles. The SMILES string of the molecule is CCCCCCCCCN(C)C(=O)Oc1cccnc1CN(C)C. The lowest BCUT2D eigenvalue weighted by Gasteiger charge is -2.18. The van der Waals surface area contributed by atoms with Crippen molar-refractivity contribution >= 4 is 6.09 Å². The van der Waals surface area contributed by atoms with Crippen LogP contribution in [-0.2, 0) is 6.54 Å². The summed E-state index contributed by atoms with van der Waals surface area (Å²) in [6.45, 7) is 3.60. The summed E-state index contributed by atoms with van der Waals surface area (Å²) in [5.41, 5.74) is 0.778. The van der Waals surface area contributed by atoms with Crippen LogP contribution in [0.4, 0.5) is 4.79 Å². The van der Waals surface area contributed by atoms with E-state index in [1.54, 1.807) is 30.3 Å². The third-order valence-electron chi connectivity index (χ3n) is 3.92. The highest BCUT2D eigenvalue weighted by atomic mass is 16.6. The Balaban J connectivity index is 2.34. The van der Waals surface area contributed by atoms with E-state index in [0.717, 1.165) is 18.7 Å². The summed E-state index contributed by atoms with van der Waals surface area (Å²) < 4.78 is 5.52. The molecule has 1 aromatic heterocycles. The van der Waals surface area contributed by atoms with Crippen molar-refractivity contribution in [2.45, 2.75) is 58.4 Å². The van der Waals surface area contributed by atoms with E-state index >= 15 is 0 Å². The number of hydrogen-bond donors (Lipinski definition) is 0. The smallest absolute Gasteiger partial charge is 0.408 e. The second-order valence-corrected chi connectivity index (χ2v) is 6.60. The van der Waals surface area contributed by atoms with Gasteiger partial charge in [0, 0.05) is 26.3 Å². The van der Waals surface area contributed by atoms with Crippen molar-refractivity contribution in [3.8, 4) is 5.75 Å². The molecule has 5 heteroatoms. The first kappa shape index (κ1) is 20.4. The van der Waals surface area contributed by atoms with Crippen molar-refractivity contribution in [2.24, 2.45) is 0 Å². The van der Waals surface area contributed by atoms with Gasteiger partial charge in [0.15, 0.2) is 5.75 Å². The Labute approximate surface area is 147 Å². The molecular formula is C19H33N3O2. The Kier molecular flexibility index (Phi) is 10.1. The first-order valence-corrected chi connectivity index (χ1v) is 9.06. The predicted molar refractivity (Wildman–Crippen MR) is 98.3 cm³/mol. The molecule has 1 rings (SSSR count).